The molecule has 4 aromatic rings. The highest BCUT2D eigenvalue weighted by atomic mass is 32.2. The highest BCUT2D eigenvalue weighted by Gasteiger charge is 2.16. The Kier molecular flexibility index (Phi) is 5.58. The van der Waals surface area contributed by atoms with Crippen molar-refractivity contribution < 1.29 is 4.42 Å². The molecule has 0 amide bonds. The molecule has 0 spiro atoms. The van der Waals surface area contributed by atoms with E-state index in [1.165, 1.54) is 11.8 Å². The van der Waals surface area contributed by atoms with E-state index in [2.05, 4.69) is 16.9 Å². The first-order valence-corrected chi connectivity index (χ1v) is 10.8. The van der Waals surface area contributed by atoms with Gasteiger partial charge in [0.25, 0.3) is 5.56 Å². The molecule has 29 heavy (non-hydrogen) atoms. The number of aryl methyl sites for hydroxylation is 2. The van der Waals surface area contributed by atoms with Crippen molar-refractivity contribution in [1.29, 1.82) is 0 Å². The topological polar surface area (TPSA) is 76.7 Å². The Bertz CT molecular complexity index is 1190. The van der Waals surface area contributed by atoms with Gasteiger partial charge in [0.15, 0.2) is 5.16 Å². The van der Waals surface area contributed by atoms with Crippen LogP contribution in [0.5, 0.6) is 0 Å². The first kappa shape index (κ1) is 19.5. The number of oxazole rings is 1. The zero-order valence-corrected chi connectivity index (χ0v) is 17.7. The van der Waals surface area contributed by atoms with Crippen LogP contribution in [0, 0.1) is 13.8 Å². The van der Waals surface area contributed by atoms with Crippen LogP contribution in [-0.4, -0.2) is 19.5 Å². The van der Waals surface area contributed by atoms with E-state index in [9.17, 15) is 4.79 Å². The third-order valence-electron chi connectivity index (χ3n) is 4.82. The molecular formula is C22H24N4O2S. The predicted octanol–water partition coefficient (Wildman–Crippen LogP) is 5.09. The van der Waals surface area contributed by atoms with Gasteiger partial charge in [0, 0.05) is 23.6 Å². The van der Waals surface area contributed by atoms with Gasteiger partial charge >= 0.3 is 0 Å². The fourth-order valence-corrected chi connectivity index (χ4v) is 4.26. The van der Waals surface area contributed by atoms with Crippen LogP contribution in [0.25, 0.3) is 22.5 Å². The molecule has 4 rings (SSSR count). The van der Waals surface area contributed by atoms with E-state index in [-0.39, 0.29) is 5.56 Å². The third kappa shape index (κ3) is 4.00. The van der Waals surface area contributed by atoms with Crippen molar-refractivity contribution in [2.75, 3.05) is 0 Å². The molecule has 150 valence electrons. The van der Waals surface area contributed by atoms with Gasteiger partial charge in [-0.05, 0) is 38.5 Å². The van der Waals surface area contributed by atoms with E-state index in [0.717, 1.165) is 40.7 Å². The zero-order chi connectivity index (χ0) is 20.4. The van der Waals surface area contributed by atoms with Crippen LogP contribution in [0.3, 0.4) is 0 Å². The van der Waals surface area contributed by atoms with Crippen molar-refractivity contribution in [3.8, 4) is 11.5 Å². The van der Waals surface area contributed by atoms with Gasteiger partial charge in [-0.2, -0.15) is 0 Å². The van der Waals surface area contributed by atoms with Crippen molar-refractivity contribution >= 4 is 22.8 Å². The van der Waals surface area contributed by atoms with Crippen LogP contribution in [0.1, 0.15) is 36.9 Å². The summed E-state index contributed by atoms with van der Waals surface area (Å²) in [7, 11) is 0. The fourth-order valence-electron chi connectivity index (χ4n) is 3.23. The number of benzene rings is 1. The second kappa shape index (κ2) is 8.29. The summed E-state index contributed by atoms with van der Waals surface area (Å²) in [6.07, 6.45) is 1.95. The largest absolute Gasteiger partial charge is 0.441 e. The number of fused-ring (bicyclic) bond motifs is 1. The number of hydrogen-bond donors (Lipinski definition) is 1. The molecule has 0 unspecified atom stereocenters. The minimum atomic E-state index is -0.0131. The minimum Gasteiger partial charge on any atom is -0.441 e. The summed E-state index contributed by atoms with van der Waals surface area (Å²) >= 11 is 1.53. The molecule has 0 radical (unpaired) electrons. The maximum atomic E-state index is 13.0. The molecule has 0 aliphatic heterocycles. The van der Waals surface area contributed by atoms with Gasteiger partial charge in [0.1, 0.15) is 11.3 Å². The molecule has 0 aliphatic rings. The number of aromatic nitrogens is 4. The average Bonchev–Trinajstić information content (AvgIpc) is 3.28. The first-order chi connectivity index (χ1) is 14.1. The number of unbranched alkanes of at least 4 members (excludes halogenated alkanes) is 1. The van der Waals surface area contributed by atoms with E-state index in [1.807, 2.05) is 50.2 Å². The van der Waals surface area contributed by atoms with Crippen LogP contribution < -0.4 is 5.56 Å². The Morgan fingerprint density at radius 3 is 2.72 bits per heavy atom. The number of nitrogens with zero attached hydrogens (tertiary/aromatic N) is 3. The molecule has 3 heterocycles. The monoisotopic (exact) mass is 408 g/mol. The number of nitrogens with one attached hydrogen (secondary N) is 1. The van der Waals surface area contributed by atoms with Crippen molar-refractivity contribution in [1.82, 2.24) is 19.5 Å². The molecule has 1 aromatic carbocycles. The lowest BCUT2D eigenvalue weighted by atomic mass is 10.2. The molecule has 6 nitrogen and oxygen atoms in total. The molecule has 7 heteroatoms. The normalized spacial score (nSPS) is 11.4. The summed E-state index contributed by atoms with van der Waals surface area (Å²) in [5.74, 6) is 2.00. The van der Waals surface area contributed by atoms with E-state index in [4.69, 9.17) is 9.40 Å². The van der Waals surface area contributed by atoms with Crippen LogP contribution in [-0.2, 0) is 12.3 Å². The number of rotatable bonds is 7. The summed E-state index contributed by atoms with van der Waals surface area (Å²) < 4.78 is 7.64. The maximum absolute atomic E-state index is 13.0. The lowest BCUT2D eigenvalue weighted by Gasteiger charge is -2.11. The van der Waals surface area contributed by atoms with Gasteiger partial charge in [-0.1, -0.05) is 43.3 Å². The van der Waals surface area contributed by atoms with Crippen molar-refractivity contribution in [3.05, 3.63) is 63.9 Å². The second-order valence-electron chi connectivity index (χ2n) is 7.09. The number of aromatic amines is 1. The van der Waals surface area contributed by atoms with Crippen LogP contribution in [0.2, 0.25) is 0 Å². The summed E-state index contributed by atoms with van der Waals surface area (Å²) in [4.78, 5) is 25.5. The van der Waals surface area contributed by atoms with E-state index >= 15 is 0 Å². The van der Waals surface area contributed by atoms with Crippen molar-refractivity contribution in [3.63, 3.8) is 0 Å². The van der Waals surface area contributed by atoms with Crippen molar-refractivity contribution in [2.45, 2.75) is 51.1 Å². The summed E-state index contributed by atoms with van der Waals surface area (Å²) in [5, 5.41) is 0.721. The highest BCUT2D eigenvalue weighted by molar-refractivity contribution is 7.98. The van der Waals surface area contributed by atoms with Crippen LogP contribution in [0.15, 0.2) is 50.8 Å². The second-order valence-corrected chi connectivity index (χ2v) is 8.04. The highest BCUT2D eigenvalue weighted by Crippen LogP contribution is 2.27. The molecule has 1 N–H and O–H groups in total. The molecule has 0 atom stereocenters. The summed E-state index contributed by atoms with van der Waals surface area (Å²) in [6.45, 7) is 6.64. The van der Waals surface area contributed by atoms with E-state index in [1.54, 1.807) is 4.57 Å². The Balaban J connectivity index is 1.64. The lowest BCUT2D eigenvalue weighted by Crippen LogP contribution is -2.23. The van der Waals surface area contributed by atoms with Gasteiger partial charge in [-0.25, -0.2) is 9.97 Å². The Hall–Kier alpha value is -2.80. The van der Waals surface area contributed by atoms with Gasteiger partial charge in [-0.3, -0.25) is 9.36 Å². The molecule has 0 saturated carbocycles. The predicted molar refractivity (Wildman–Crippen MR) is 116 cm³/mol. The minimum absolute atomic E-state index is 0.0131. The van der Waals surface area contributed by atoms with Gasteiger partial charge in [-0.15, -0.1) is 0 Å². The van der Waals surface area contributed by atoms with E-state index in [0.29, 0.717) is 29.2 Å². The molecule has 0 fully saturated rings. The zero-order valence-electron chi connectivity index (χ0n) is 16.9. The molecule has 0 saturated heterocycles. The Morgan fingerprint density at radius 1 is 1.17 bits per heavy atom. The fraction of sp³-hybridized carbons (Fsp3) is 0.318. The van der Waals surface area contributed by atoms with Gasteiger partial charge < -0.3 is 9.40 Å². The Labute approximate surface area is 173 Å². The smallest absolute Gasteiger partial charge is 0.278 e. The molecular weight excluding hydrogens is 384 g/mol. The standard InChI is InChI=1S/C22H24N4O2S/c1-4-5-11-26-21(27)19-17(12-14(2)23-19)25-22(26)29-13-18-15(3)28-20(24-18)16-9-7-6-8-10-16/h6-10,12,23H,4-5,11,13H2,1-3H3. The third-order valence-corrected chi connectivity index (χ3v) is 5.81. The summed E-state index contributed by atoms with van der Waals surface area (Å²) in [6, 6.07) is 11.8. The quantitative estimate of drug-likeness (QED) is 0.340. The Morgan fingerprint density at radius 2 is 1.97 bits per heavy atom. The van der Waals surface area contributed by atoms with E-state index < -0.39 is 0 Å². The van der Waals surface area contributed by atoms with Crippen LogP contribution in [0.4, 0.5) is 0 Å². The van der Waals surface area contributed by atoms with Gasteiger partial charge in [0.05, 0.1) is 11.2 Å². The SMILES string of the molecule is CCCCn1c(SCc2nc(-c3ccccc3)oc2C)nc2cc(C)[nH]c2c1=O. The maximum Gasteiger partial charge on any atom is 0.278 e. The summed E-state index contributed by atoms with van der Waals surface area (Å²) in [5.41, 5.74) is 4.04. The average molecular weight is 409 g/mol. The number of hydrogen-bond acceptors (Lipinski definition) is 5. The van der Waals surface area contributed by atoms with Crippen molar-refractivity contribution in [2.24, 2.45) is 0 Å². The van der Waals surface area contributed by atoms with Crippen LogP contribution >= 0.6 is 11.8 Å². The number of thioether (sulfide) groups is 1. The number of H-pyrrole nitrogens is 1. The molecule has 3 aromatic heterocycles. The lowest BCUT2D eigenvalue weighted by molar-refractivity contribution is 0.540. The van der Waals surface area contributed by atoms with Gasteiger partial charge in [0.2, 0.25) is 5.89 Å². The molecule has 0 aliphatic carbocycles. The first-order valence-electron chi connectivity index (χ1n) is 9.81. The molecule has 0 bridgehead atoms.